The molecule has 1 aliphatic rings. The van der Waals surface area contributed by atoms with Gasteiger partial charge in [-0.15, -0.1) is 0 Å². The van der Waals surface area contributed by atoms with Crippen LogP contribution in [0.1, 0.15) is 33.6 Å². The van der Waals surface area contributed by atoms with Crippen molar-refractivity contribution in [2.45, 2.75) is 12.8 Å². The van der Waals surface area contributed by atoms with E-state index in [0.29, 0.717) is 68.3 Å². The summed E-state index contributed by atoms with van der Waals surface area (Å²) < 4.78 is 12.1. The van der Waals surface area contributed by atoms with Crippen LogP contribution in [-0.2, 0) is 0 Å². The topological polar surface area (TPSA) is 129 Å². The summed E-state index contributed by atoms with van der Waals surface area (Å²) >= 11 is 0. The van der Waals surface area contributed by atoms with Crippen LogP contribution in [0.5, 0.6) is 11.5 Å². The first-order chi connectivity index (χ1) is 21.4. The smallest absolute Gasteiger partial charge is 0.317 e. The van der Waals surface area contributed by atoms with Gasteiger partial charge in [-0.3, -0.25) is 9.59 Å². The summed E-state index contributed by atoms with van der Waals surface area (Å²) in [7, 11) is 3.72. The average molecular weight is 603 g/mol. The summed E-state index contributed by atoms with van der Waals surface area (Å²) in [5, 5.41) is 5.84. The van der Waals surface area contributed by atoms with Crippen LogP contribution in [-0.4, -0.2) is 94.2 Å². The Balaban J connectivity index is 1.42. The summed E-state index contributed by atoms with van der Waals surface area (Å²) in [6.07, 6.45) is 1.19. The normalized spacial score (nSPS) is 13.2. The number of nitrogens with zero attached hydrogens (tertiary/aromatic N) is 3. The van der Waals surface area contributed by atoms with Crippen LogP contribution in [0.2, 0.25) is 0 Å². The van der Waals surface area contributed by atoms with Gasteiger partial charge in [0.1, 0.15) is 5.75 Å². The Morgan fingerprint density at radius 2 is 1.57 bits per heavy atom. The molecule has 0 saturated carbocycles. The van der Waals surface area contributed by atoms with Gasteiger partial charge >= 0.3 is 6.03 Å². The van der Waals surface area contributed by atoms with Crippen molar-refractivity contribution in [3.63, 3.8) is 0 Å². The average Bonchev–Trinajstić information content (AvgIpc) is 3.05. The molecule has 234 valence electrons. The predicted octanol–water partition coefficient (Wildman–Crippen LogP) is 3.67. The minimum Gasteiger partial charge on any atom is -0.491 e. The van der Waals surface area contributed by atoms with E-state index in [4.69, 9.17) is 15.2 Å². The number of likely N-dealkylation sites (N-methyl/N-ethyl adjacent to an activating group) is 1. The van der Waals surface area contributed by atoms with Crippen LogP contribution < -0.4 is 30.7 Å². The lowest BCUT2D eigenvalue weighted by Crippen LogP contribution is -2.50. The fraction of sp³-hybridized carbons (Fsp3) is 0.364. The molecule has 0 atom stereocenters. The zero-order chi connectivity index (χ0) is 31.3. The number of ether oxygens (including phenoxy) is 2. The summed E-state index contributed by atoms with van der Waals surface area (Å²) in [5.74, 6) is 0.161. The monoisotopic (exact) mass is 602 g/mol. The number of nitrogens with one attached hydrogen (secondary N) is 2. The highest BCUT2D eigenvalue weighted by Gasteiger charge is 2.24. The number of nitrogens with two attached hydrogens (primary N) is 1. The fourth-order valence-corrected chi connectivity index (χ4v) is 4.72. The van der Waals surface area contributed by atoms with Crippen LogP contribution in [0.3, 0.4) is 0 Å². The molecule has 4 amide bonds. The Hall–Kier alpha value is -4.61. The van der Waals surface area contributed by atoms with Gasteiger partial charge in [0.2, 0.25) is 0 Å². The van der Waals surface area contributed by atoms with Gasteiger partial charge in [-0.25, -0.2) is 4.79 Å². The first kappa shape index (κ1) is 32.3. The Kier molecular flexibility index (Phi) is 12.0. The molecular weight excluding hydrogens is 560 g/mol. The summed E-state index contributed by atoms with van der Waals surface area (Å²) in [5.41, 5.74) is 7.41. The lowest BCUT2D eigenvalue weighted by atomic mass is 10.1. The van der Waals surface area contributed by atoms with E-state index in [1.54, 1.807) is 61.6 Å². The number of piperazine rings is 1. The minimum atomic E-state index is -0.334. The molecule has 11 heteroatoms. The number of benzene rings is 3. The van der Waals surface area contributed by atoms with Gasteiger partial charge in [0, 0.05) is 45.3 Å². The van der Waals surface area contributed by atoms with E-state index in [0.717, 1.165) is 13.1 Å². The SMILES string of the molecule is CN1CCN(C(=O)NCCCOc2ccccc2N(C)C(=O)c2cccc(NC(=O)c3ccccc3)c2OCCCN)CC1. The zero-order valence-corrected chi connectivity index (χ0v) is 25.5. The molecule has 44 heavy (non-hydrogen) atoms. The maximum Gasteiger partial charge on any atom is 0.317 e. The van der Waals surface area contributed by atoms with E-state index in [2.05, 4.69) is 22.6 Å². The molecule has 1 heterocycles. The molecular formula is C33H42N6O5. The molecule has 1 fully saturated rings. The second-order valence-corrected chi connectivity index (χ2v) is 10.5. The molecule has 0 bridgehead atoms. The highest BCUT2D eigenvalue weighted by Crippen LogP contribution is 2.34. The molecule has 0 aliphatic carbocycles. The Labute approximate surface area is 258 Å². The van der Waals surface area contributed by atoms with Crippen LogP contribution in [0.15, 0.2) is 72.8 Å². The number of carbonyl (C=O) groups is 3. The van der Waals surface area contributed by atoms with Crippen molar-refractivity contribution in [3.05, 3.63) is 83.9 Å². The molecule has 3 aromatic carbocycles. The van der Waals surface area contributed by atoms with Crippen LogP contribution in [0.25, 0.3) is 0 Å². The zero-order valence-electron chi connectivity index (χ0n) is 25.5. The van der Waals surface area contributed by atoms with Gasteiger partial charge in [0.25, 0.3) is 11.8 Å². The largest absolute Gasteiger partial charge is 0.491 e. The number of rotatable bonds is 13. The summed E-state index contributed by atoms with van der Waals surface area (Å²) in [6, 6.07) is 21.1. The number of anilines is 2. The van der Waals surface area contributed by atoms with E-state index in [9.17, 15) is 14.4 Å². The van der Waals surface area contributed by atoms with Crippen molar-refractivity contribution in [2.75, 3.05) is 76.8 Å². The van der Waals surface area contributed by atoms with Crippen molar-refractivity contribution >= 4 is 29.2 Å². The lowest BCUT2D eigenvalue weighted by Gasteiger charge is -2.32. The number of urea groups is 1. The van der Waals surface area contributed by atoms with E-state index < -0.39 is 0 Å². The van der Waals surface area contributed by atoms with Gasteiger partial charge in [0.05, 0.1) is 30.2 Å². The number of para-hydroxylation sites is 3. The Bertz CT molecular complexity index is 1390. The summed E-state index contributed by atoms with van der Waals surface area (Å²) in [6.45, 7) is 4.71. The first-order valence-corrected chi connectivity index (χ1v) is 14.9. The lowest BCUT2D eigenvalue weighted by molar-refractivity contribution is 0.0984. The highest BCUT2D eigenvalue weighted by atomic mass is 16.5. The Morgan fingerprint density at radius 3 is 2.32 bits per heavy atom. The maximum atomic E-state index is 13.9. The van der Waals surface area contributed by atoms with E-state index in [1.165, 1.54) is 4.90 Å². The van der Waals surface area contributed by atoms with Gasteiger partial charge in [-0.2, -0.15) is 0 Å². The third-order valence-corrected chi connectivity index (χ3v) is 7.30. The van der Waals surface area contributed by atoms with Crippen molar-refractivity contribution in [1.82, 2.24) is 15.1 Å². The van der Waals surface area contributed by atoms with Crippen LogP contribution >= 0.6 is 0 Å². The molecule has 1 saturated heterocycles. The van der Waals surface area contributed by atoms with Gasteiger partial charge in [-0.05, 0) is 62.8 Å². The fourth-order valence-electron chi connectivity index (χ4n) is 4.72. The first-order valence-electron chi connectivity index (χ1n) is 14.9. The highest BCUT2D eigenvalue weighted by molar-refractivity contribution is 6.11. The van der Waals surface area contributed by atoms with E-state index >= 15 is 0 Å². The van der Waals surface area contributed by atoms with E-state index in [-0.39, 0.29) is 35.8 Å². The van der Waals surface area contributed by atoms with Gasteiger partial charge < -0.3 is 40.5 Å². The van der Waals surface area contributed by atoms with Gasteiger partial charge in [0.15, 0.2) is 5.75 Å². The molecule has 0 spiro atoms. The second kappa shape index (κ2) is 16.3. The van der Waals surface area contributed by atoms with Gasteiger partial charge in [-0.1, -0.05) is 36.4 Å². The number of hydrogen-bond donors (Lipinski definition) is 3. The molecule has 11 nitrogen and oxygen atoms in total. The second-order valence-electron chi connectivity index (χ2n) is 10.5. The van der Waals surface area contributed by atoms with E-state index in [1.807, 2.05) is 23.1 Å². The maximum absolute atomic E-state index is 13.9. The molecule has 1 aliphatic heterocycles. The standard InChI is InChI=1S/C33H42N6O5/c1-37-19-21-39(22-20-37)33(42)35-18-10-24-43-29-16-7-6-15-28(29)38(2)32(41)26-13-8-14-27(30(26)44-23-9-17-34)36-31(40)25-11-4-3-5-12-25/h3-8,11-16H,9-10,17-24,34H2,1-2H3,(H,35,42)(H,36,40). The molecule has 3 aromatic rings. The van der Waals surface area contributed by atoms with Crippen molar-refractivity contribution in [1.29, 1.82) is 0 Å². The number of amides is 4. The number of hydrogen-bond acceptors (Lipinski definition) is 7. The molecule has 0 unspecified atom stereocenters. The van der Waals surface area contributed by atoms with Crippen LogP contribution in [0.4, 0.5) is 16.2 Å². The quantitative estimate of drug-likeness (QED) is 0.255. The number of carbonyl (C=O) groups excluding carboxylic acids is 3. The minimum absolute atomic E-state index is 0.0597. The van der Waals surface area contributed by atoms with Crippen molar-refractivity contribution in [3.8, 4) is 11.5 Å². The summed E-state index contributed by atoms with van der Waals surface area (Å²) in [4.78, 5) is 44.8. The third kappa shape index (κ3) is 8.71. The van der Waals surface area contributed by atoms with Crippen molar-refractivity contribution in [2.24, 2.45) is 5.73 Å². The Morgan fingerprint density at radius 1 is 0.864 bits per heavy atom. The molecule has 0 radical (unpaired) electrons. The van der Waals surface area contributed by atoms with Crippen molar-refractivity contribution < 1.29 is 23.9 Å². The van der Waals surface area contributed by atoms with Crippen LogP contribution in [0, 0.1) is 0 Å². The predicted molar refractivity (Wildman–Crippen MR) is 172 cm³/mol. The molecule has 0 aromatic heterocycles. The third-order valence-electron chi connectivity index (χ3n) is 7.30. The molecule has 4 rings (SSSR count). The molecule has 4 N–H and O–H groups in total.